The second-order valence-corrected chi connectivity index (χ2v) is 9.52. The van der Waals surface area contributed by atoms with Gasteiger partial charge in [0.1, 0.15) is 5.60 Å². The maximum atomic E-state index is 12.5. The van der Waals surface area contributed by atoms with Crippen molar-refractivity contribution in [1.82, 2.24) is 24.4 Å². The molecule has 3 aromatic rings. The van der Waals surface area contributed by atoms with E-state index in [4.69, 9.17) is 16.3 Å². The molecule has 32 heavy (non-hydrogen) atoms. The second-order valence-electron chi connectivity index (χ2n) is 9.18. The van der Waals surface area contributed by atoms with Gasteiger partial charge in [-0.25, -0.2) is 9.78 Å². The van der Waals surface area contributed by atoms with Crippen LogP contribution < -0.4 is 5.32 Å². The topological polar surface area (TPSA) is 85.2 Å². The summed E-state index contributed by atoms with van der Waals surface area (Å²) in [6.07, 6.45) is 3.48. The smallest absolute Gasteiger partial charge is 0.410 e. The Morgan fingerprint density at radius 2 is 2.03 bits per heavy atom. The van der Waals surface area contributed by atoms with Crippen LogP contribution in [0.1, 0.15) is 39.2 Å². The van der Waals surface area contributed by atoms with Crippen LogP contribution in [-0.2, 0) is 17.8 Å². The number of ether oxygens (including phenoxy) is 1. The number of hydrogen-bond acceptors (Lipinski definition) is 6. The summed E-state index contributed by atoms with van der Waals surface area (Å²) in [6, 6.07) is 10.1. The van der Waals surface area contributed by atoms with E-state index in [2.05, 4.69) is 20.3 Å². The molecule has 8 nitrogen and oxygen atoms in total. The van der Waals surface area contributed by atoms with Gasteiger partial charge < -0.3 is 19.5 Å². The van der Waals surface area contributed by atoms with Gasteiger partial charge in [-0.3, -0.25) is 0 Å². The number of benzene rings is 1. The van der Waals surface area contributed by atoms with Gasteiger partial charge in [0.2, 0.25) is 5.28 Å². The molecule has 1 aliphatic heterocycles. The molecule has 0 aliphatic carbocycles. The third-order valence-corrected chi connectivity index (χ3v) is 5.53. The summed E-state index contributed by atoms with van der Waals surface area (Å²) in [5, 5.41) is 3.50. The summed E-state index contributed by atoms with van der Waals surface area (Å²) in [5.41, 5.74) is 2.01. The van der Waals surface area contributed by atoms with E-state index < -0.39 is 5.60 Å². The molecular formula is C23H29ClN6O2. The molecule has 4 rings (SSSR count). The SMILES string of the molecule is CC(C)(C)OC(=O)N1CCCC(Cn2cnc3c(NCc4ccccc4)nc(Cl)nc32)C1. The molecule has 1 unspecified atom stereocenters. The Morgan fingerprint density at radius 3 is 2.78 bits per heavy atom. The molecule has 0 spiro atoms. The molecule has 1 aromatic carbocycles. The number of carbonyl (C=O) groups is 1. The lowest BCUT2D eigenvalue weighted by molar-refractivity contribution is 0.0157. The van der Waals surface area contributed by atoms with Gasteiger partial charge in [-0.15, -0.1) is 0 Å². The van der Waals surface area contributed by atoms with E-state index in [-0.39, 0.29) is 17.3 Å². The molecule has 1 atom stereocenters. The Bertz CT molecular complexity index is 1080. The van der Waals surface area contributed by atoms with E-state index in [1.807, 2.05) is 55.7 Å². The fourth-order valence-electron chi connectivity index (χ4n) is 3.94. The summed E-state index contributed by atoms with van der Waals surface area (Å²) < 4.78 is 7.55. The molecule has 2 aromatic heterocycles. The Labute approximate surface area is 193 Å². The first kappa shape index (κ1) is 22.3. The van der Waals surface area contributed by atoms with Crippen LogP contribution in [0.4, 0.5) is 10.6 Å². The number of rotatable bonds is 5. The molecular weight excluding hydrogens is 428 g/mol. The Morgan fingerprint density at radius 1 is 1.25 bits per heavy atom. The van der Waals surface area contributed by atoms with Gasteiger partial charge in [-0.1, -0.05) is 30.3 Å². The molecule has 1 saturated heterocycles. The molecule has 0 bridgehead atoms. The number of nitrogens with one attached hydrogen (secondary N) is 1. The van der Waals surface area contributed by atoms with Crippen LogP contribution in [0.25, 0.3) is 11.2 Å². The van der Waals surface area contributed by atoms with Gasteiger partial charge in [0.25, 0.3) is 0 Å². The average Bonchev–Trinajstić information content (AvgIpc) is 3.14. The molecule has 1 aliphatic rings. The predicted molar refractivity (Wildman–Crippen MR) is 125 cm³/mol. The highest BCUT2D eigenvalue weighted by molar-refractivity contribution is 6.28. The van der Waals surface area contributed by atoms with Crippen LogP contribution in [0.3, 0.4) is 0 Å². The average molecular weight is 457 g/mol. The lowest BCUT2D eigenvalue weighted by Gasteiger charge is -2.34. The molecule has 1 N–H and O–H groups in total. The van der Waals surface area contributed by atoms with Crippen molar-refractivity contribution in [2.75, 3.05) is 18.4 Å². The fourth-order valence-corrected chi connectivity index (χ4v) is 4.11. The van der Waals surface area contributed by atoms with Crippen molar-refractivity contribution in [1.29, 1.82) is 0 Å². The van der Waals surface area contributed by atoms with Crippen molar-refractivity contribution in [2.24, 2.45) is 5.92 Å². The maximum absolute atomic E-state index is 12.5. The lowest BCUT2D eigenvalue weighted by Crippen LogP contribution is -2.43. The zero-order valence-corrected chi connectivity index (χ0v) is 19.5. The number of carbonyl (C=O) groups excluding carboxylic acids is 1. The largest absolute Gasteiger partial charge is 0.444 e. The summed E-state index contributed by atoms with van der Waals surface area (Å²) in [6.45, 7) is 8.33. The number of amides is 1. The van der Waals surface area contributed by atoms with Crippen molar-refractivity contribution in [3.63, 3.8) is 0 Å². The second kappa shape index (κ2) is 9.32. The zero-order valence-electron chi connectivity index (χ0n) is 18.7. The minimum atomic E-state index is -0.499. The zero-order chi connectivity index (χ0) is 22.7. The summed E-state index contributed by atoms with van der Waals surface area (Å²) in [7, 11) is 0. The summed E-state index contributed by atoms with van der Waals surface area (Å²) in [4.78, 5) is 27.6. The predicted octanol–water partition coefficient (Wildman–Crippen LogP) is 4.74. The number of likely N-dealkylation sites (tertiary alicyclic amines) is 1. The first-order chi connectivity index (χ1) is 15.3. The Hall–Kier alpha value is -2.87. The summed E-state index contributed by atoms with van der Waals surface area (Å²) in [5.74, 6) is 0.893. The third kappa shape index (κ3) is 5.48. The van der Waals surface area contributed by atoms with Gasteiger partial charge in [0.05, 0.1) is 6.33 Å². The van der Waals surface area contributed by atoms with Gasteiger partial charge >= 0.3 is 6.09 Å². The summed E-state index contributed by atoms with van der Waals surface area (Å²) >= 11 is 6.23. The van der Waals surface area contributed by atoms with Crippen LogP contribution in [0, 0.1) is 5.92 Å². The number of nitrogens with zero attached hydrogens (tertiary/aromatic N) is 5. The van der Waals surface area contributed by atoms with E-state index in [1.165, 1.54) is 0 Å². The van der Waals surface area contributed by atoms with E-state index in [9.17, 15) is 4.79 Å². The number of halogens is 1. The highest BCUT2D eigenvalue weighted by atomic mass is 35.5. The number of piperidine rings is 1. The minimum absolute atomic E-state index is 0.175. The molecule has 0 radical (unpaired) electrons. The highest BCUT2D eigenvalue weighted by Crippen LogP contribution is 2.25. The van der Waals surface area contributed by atoms with Crippen molar-refractivity contribution < 1.29 is 9.53 Å². The highest BCUT2D eigenvalue weighted by Gasteiger charge is 2.28. The first-order valence-corrected chi connectivity index (χ1v) is 11.3. The van der Waals surface area contributed by atoms with E-state index in [0.717, 1.165) is 24.9 Å². The van der Waals surface area contributed by atoms with Crippen molar-refractivity contribution in [3.05, 3.63) is 47.5 Å². The van der Waals surface area contributed by atoms with E-state index in [0.29, 0.717) is 36.6 Å². The van der Waals surface area contributed by atoms with Gasteiger partial charge in [-0.05, 0) is 56.7 Å². The van der Waals surface area contributed by atoms with Crippen molar-refractivity contribution in [2.45, 2.75) is 52.3 Å². The minimum Gasteiger partial charge on any atom is -0.444 e. The van der Waals surface area contributed by atoms with E-state index >= 15 is 0 Å². The van der Waals surface area contributed by atoms with Crippen LogP contribution in [0.2, 0.25) is 5.28 Å². The van der Waals surface area contributed by atoms with Crippen LogP contribution in [0.5, 0.6) is 0 Å². The van der Waals surface area contributed by atoms with Crippen molar-refractivity contribution in [3.8, 4) is 0 Å². The molecule has 0 saturated carbocycles. The van der Waals surface area contributed by atoms with Crippen LogP contribution >= 0.6 is 11.6 Å². The number of aromatic nitrogens is 4. The van der Waals surface area contributed by atoms with Gasteiger partial charge in [0.15, 0.2) is 17.0 Å². The molecule has 3 heterocycles. The quantitative estimate of drug-likeness (QED) is 0.558. The monoisotopic (exact) mass is 456 g/mol. The number of hydrogen-bond donors (Lipinski definition) is 1. The first-order valence-electron chi connectivity index (χ1n) is 10.9. The molecule has 170 valence electrons. The van der Waals surface area contributed by atoms with Crippen LogP contribution in [-0.4, -0.2) is 49.2 Å². The maximum Gasteiger partial charge on any atom is 0.410 e. The molecule has 1 fully saturated rings. The third-order valence-electron chi connectivity index (χ3n) is 5.36. The Kier molecular flexibility index (Phi) is 6.50. The normalized spacial score (nSPS) is 16.9. The molecule has 1 amide bonds. The van der Waals surface area contributed by atoms with Crippen LogP contribution in [0.15, 0.2) is 36.7 Å². The number of fused-ring (bicyclic) bond motifs is 1. The standard InChI is InChI=1S/C23H29ClN6O2/c1-23(2,3)32-22(31)29-11-7-10-17(13-29)14-30-15-26-18-19(27-21(24)28-20(18)30)25-12-16-8-5-4-6-9-16/h4-6,8-9,15,17H,7,10-14H2,1-3H3,(H,25,27,28). The van der Waals surface area contributed by atoms with Gasteiger partial charge in [-0.2, -0.15) is 9.97 Å². The van der Waals surface area contributed by atoms with Crippen molar-refractivity contribution >= 4 is 34.7 Å². The number of imidazole rings is 1. The lowest BCUT2D eigenvalue weighted by atomic mass is 9.98. The molecule has 9 heteroatoms. The fraction of sp³-hybridized carbons (Fsp3) is 0.478. The van der Waals surface area contributed by atoms with Gasteiger partial charge in [0, 0.05) is 26.2 Å². The number of anilines is 1. The van der Waals surface area contributed by atoms with E-state index in [1.54, 1.807) is 11.2 Å². The Balaban J connectivity index is 1.48.